The van der Waals surface area contributed by atoms with Crippen LogP contribution in [0.5, 0.6) is 0 Å². The van der Waals surface area contributed by atoms with Crippen molar-refractivity contribution in [2.24, 2.45) is 0 Å². The lowest BCUT2D eigenvalue weighted by Gasteiger charge is -2.31. The fourth-order valence-corrected chi connectivity index (χ4v) is 1.86. The highest BCUT2D eigenvalue weighted by molar-refractivity contribution is 5.86. The highest BCUT2D eigenvalue weighted by atomic mass is 35.5. The zero-order chi connectivity index (χ0) is 11.5. The van der Waals surface area contributed by atoms with Crippen molar-refractivity contribution in [1.29, 1.82) is 0 Å². The number of carboxylic acid groups (broad SMARTS) is 1. The molecule has 1 fully saturated rings. The second-order valence-corrected chi connectivity index (χ2v) is 3.92. The number of rotatable bonds is 2. The SMILES string of the molecule is Cl.O=C(O)c1cc(N2CCC(O)CC2)ccn1. The summed E-state index contributed by atoms with van der Waals surface area (Å²) in [6.45, 7) is 1.51. The second-order valence-electron chi connectivity index (χ2n) is 3.92. The van der Waals surface area contributed by atoms with Gasteiger partial charge in [0, 0.05) is 25.0 Å². The molecule has 94 valence electrons. The lowest BCUT2D eigenvalue weighted by Crippen LogP contribution is -2.35. The van der Waals surface area contributed by atoms with E-state index in [-0.39, 0.29) is 24.2 Å². The van der Waals surface area contributed by atoms with Crippen LogP contribution in [0.25, 0.3) is 0 Å². The van der Waals surface area contributed by atoms with Crippen LogP contribution in [-0.4, -0.2) is 40.4 Å². The number of anilines is 1. The number of aliphatic hydroxyl groups excluding tert-OH is 1. The molecule has 0 amide bonds. The Balaban J connectivity index is 0.00000144. The molecule has 1 aromatic heterocycles. The van der Waals surface area contributed by atoms with Crippen molar-refractivity contribution in [3.63, 3.8) is 0 Å². The highest BCUT2D eigenvalue weighted by Gasteiger charge is 2.18. The first-order valence-corrected chi connectivity index (χ1v) is 5.29. The molecule has 0 saturated carbocycles. The van der Waals surface area contributed by atoms with Gasteiger partial charge in [0.1, 0.15) is 5.69 Å². The zero-order valence-corrected chi connectivity index (χ0v) is 10.1. The van der Waals surface area contributed by atoms with Crippen LogP contribution in [0.3, 0.4) is 0 Å². The van der Waals surface area contributed by atoms with Gasteiger partial charge >= 0.3 is 5.97 Å². The number of pyridine rings is 1. The van der Waals surface area contributed by atoms with Gasteiger partial charge in [0.25, 0.3) is 0 Å². The van der Waals surface area contributed by atoms with E-state index in [9.17, 15) is 9.90 Å². The first-order valence-electron chi connectivity index (χ1n) is 5.29. The average molecular weight is 259 g/mol. The molecule has 5 nitrogen and oxygen atoms in total. The monoisotopic (exact) mass is 258 g/mol. The van der Waals surface area contributed by atoms with Crippen LogP contribution < -0.4 is 4.90 Å². The summed E-state index contributed by atoms with van der Waals surface area (Å²) in [5.74, 6) is -1.01. The van der Waals surface area contributed by atoms with Crippen LogP contribution in [0.2, 0.25) is 0 Å². The number of piperidine rings is 1. The Kier molecular flexibility index (Phi) is 4.72. The maximum Gasteiger partial charge on any atom is 0.354 e. The molecule has 6 heteroatoms. The number of aromatic nitrogens is 1. The minimum absolute atomic E-state index is 0. The number of hydrogen-bond donors (Lipinski definition) is 2. The maximum absolute atomic E-state index is 10.8. The Bertz CT molecular complexity index is 392. The third-order valence-corrected chi connectivity index (χ3v) is 2.79. The minimum atomic E-state index is -1.01. The molecule has 17 heavy (non-hydrogen) atoms. The van der Waals surface area contributed by atoms with Gasteiger partial charge in [0.15, 0.2) is 0 Å². The second kappa shape index (κ2) is 5.84. The lowest BCUT2D eigenvalue weighted by molar-refractivity contribution is 0.0690. The molecule has 0 unspecified atom stereocenters. The van der Waals surface area contributed by atoms with E-state index < -0.39 is 5.97 Å². The summed E-state index contributed by atoms with van der Waals surface area (Å²) in [7, 11) is 0. The van der Waals surface area contributed by atoms with Gasteiger partial charge in [0.05, 0.1) is 6.10 Å². The molecule has 1 aliphatic rings. The van der Waals surface area contributed by atoms with Gasteiger partial charge in [-0.2, -0.15) is 0 Å². The van der Waals surface area contributed by atoms with Gasteiger partial charge in [-0.1, -0.05) is 0 Å². The maximum atomic E-state index is 10.8. The van der Waals surface area contributed by atoms with Crippen molar-refractivity contribution >= 4 is 24.1 Å². The Morgan fingerprint density at radius 2 is 2.06 bits per heavy atom. The van der Waals surface area contributed by atoms with Gasteiger partial charge in [0.2, 0.25) is 0 Å². The fourth-order valence-electron chi connectivity index (χ4n) is 1.86. The van der Waals surface area contributed by atoms with E-state index in [0.717, 1.165) is 31.6 Å². The summed E-state index contributed by atoms with van der Waals surface area (Å²) in [4.78, 5) is 16.6. The van der Waals surface area contributed by atoms with Crippen molar-refractivity contribution < 1.29 is 15.0 Å². The lowest BCUT2D eigenvalue weighted by atomic mass is 10.1. The minimum Gasteiger partial charge on any atom is -0.477 e. The number of carboxylic acids is 1. The van der Waals surface area contributed by atoms with Gasteiger partial charge in [-0.15, -0.1) is 12.4 Å². The molecule has 2 rings (SSSR count). The standard InChI is InChI=1S/C11H14N2O3.ClH/c14-9-2-5-13(6-3-9)8-1-4-12-10(7-8)11(15)16;/h1,4,7,9,14H,2-3,5-6H2,(H,15,16);1H. The quantitative estimate of drug-likeness (QED) is 0.833. The number of aliphatic hydroxyl groups is 1. The first-order chi connectivity index (χ1) is 7.66. The molecule has 0 atom stereocenters. The molecule has 0 spiro atoms. The van der Waals surface area contributed by atoms with E-state index >= 15 is 0 Å². The molecule has 1 saturated heterocycles. The smallest absolute Gasteiger partial charge is 0.354 e. The normalized spacial score (nSPS) is 16.4. The van der Waals surface area contributed by atoms with Gasteiger partial charge in [-0.25, -0.2) is 9.78 Å². The molecule has 0 bridgehead atoms. The summed E-state index contributed by atoms with van der Waals surface area (Å²) in [6.07, 6.45) is 2.73. The molecule has 1 aromatic rings. The number of nitrogens with zero attached hydrogens (tertiary/aromatic N) is 2. The molecular weight excluding hydrogens is 244 g/mol. The van der Waals surface area contributed by atoms with E-state index in [1.807, 2.05) is 0 Å². The molecule has 1 aliphatic heterocycles. The topological polar surface area (TPSA) is 73.7 Å². The van der Waals surface area contributed by atoms with E-state index in [1.165, 1.54) is 6.20 Å². The summed E-state index contributed by atoms with van der Waals surface area (Å²) in [5, 5.41) is 18.2. The summed E-state index contributed by atoms with van der Waals surface area (Å²) in [6, 6.07) is 3.37. The molecule has 0 aliphatic carbocycles. The third kappa shape index (κ3) is 3.31. The predicted molar refractivity (Wildman–Crippen MR) is 65.9 cm³/mol. The Labute approximate surface area is 105 Å². The van der Waals surface area contributed by atoms with Crippen LogP contribution in [0.15, 0.2) is 18.3 Å². The summed E-state index contributed by atoms with van der Waals surface area (Å²) < 4.78 is 0. The predicted octanol–water partition coefficient (Wildman–Crippen LogP) is 1.16. The van der Waals surface area contributed by atoms with Crippen molar-refractivity contribution in [2.75, 3.05) is 18.0 Å². The number of carbonyl (C=O) groups is 1. The van der Waals surface area contributed by atoms with Crippen LogP contribution in [0, 0.1) is 0 Å². The fraction of sp³-hybridized carbons (Fsp3) is 0.455. The third-order valence-electron chi connectivity index (χ3n) is 2.79. The van der Waals surface area contributed by atoms with Crippen LogP contribution in [0.1, 0.15) is 23.3 Å². The van der Waals surface area contributed by atoms with Crippen molar-refractivity contribution in [1.82, 2.24) is 4.98 Å². The van der Waals surface area contributed by atoms with Crippen molar-refractivity contribution in [2.45, 2.75) is 18.9 Å². The number of aromatic carboxylic acids is 1. The Hall–Kier alpha value is -1.33. The van der Waals surface area contributed by atoms with E-state index in [2.05, 4.69) is 9.88 Å². The van der Waals surface area contributed by atoms with E-state index in [1.54, 1.807) is 12.1 Å². The van der Waals surface area contributed by atoms with E-state index in [4.69, 9.17) is 5.11 Å². The molecule has 2 N–H and O–H groups in total. The molecule has 0 aromatic carbocycles. The number of halogens is 1. The average Bonchev–Trinajstić information content (AvgIpc) is 2.30. The largest absolute Gasteiger partial charge is 0.477 e. The van der Waals surface area contributed by atoms with Crippen LogP contribution in [0.4, 0.5) is 5.69 Å². The Morgan fingerprint density at radius 1 is 1.41 bits per heavy atom. The highest BCUT2D eigenvalue weighted by Crippen LogP contribution is 2.20. The van der Waals surface area contributed by atoms with Gasteiger partial charge in [-0.05, 0) is 25.0 Å². The van der Waals surface area contributed by atoms with E-state index in [0.29, 0.717) is 0 Å². The zero-order valence-electron chi connectivity index (χ0n) is 9.24. The number of hydrogen-bond acceptors (Lipinski definition) is 4. The molecule has 2 heterocycles. The van der Waals surface area contributed by atoms with Crippen LogP contribution >= 0.6 is 12.4 Å². The summed E-state index contributed by atoms with van der Waals surface area (Å²) >= 11 is 0. The van der Waals surface area contributed by atoms with Crippen molar-refractivity contribution in [3.8, 4) is 0 Å². The summed E-state index contributed by atoms with van der Waals surface area (Å²) in [5.41, 5.74) is 0.919. The first kappa shape index (κ1) is 13.7. The Morgan fingerprint density at radius 3 is 2.65 bits per heavy atom. The van der Waals surface area contributed by atoms with Crippen LogP contribution in [-0.2, 0) is 0 Å². The van der Waals surface area contributed by atoms with Gasteiger partial charge in [-0.3, -0.25) is 0 Å². The van der Waals surface area contributed by atoms with Gasteiger partial charge < -0.3 is 15.1 Å². The molecular formula is C11H15ClN2O3. The molecule has 0 radical (unpaired) electrons. The van der Waals surface area contributed by atoms with Crippen molar-refractivity contribution in [3.05, 3.63) is 24.0 Å².